The second-order valence-corrected chi connectivity index (χ2v) is 13.0. The maximum Gasteiger partial charge on any atom is 0.355 e. The Morgan fingerprint density at radius 3 is 2.57 bits per heavy atom. The van der Waals surface area contributed by atoms with Gasteiger partial charge >= 0.3 is 5.97 Å². The van der Waals surface area contributed by atoms with Crippen LogP contribution < -0.4 is 5.14 Å². The first-order valence-electron chi connectivity index (χ1n) is 13.3. The lowest BCUT2D eigenvalue weighted by molar-refractivity contribution is -0.116. The second kappa shape index (κ2) is 11.6. The summed E-state index contributed by atoms with van der Waals surface area (Å²) in [6.07, 6.45) is 2.83. The van der Waals surface area contributed by atoms with Crippen LogP contribution in [0.15, 0.2) is 58.8 Å². The molecule has 1 aliphatic rings. The number of hydrogen-bond donors (Lipinski definition) is 2. The second-order valence-electron chi connectivity index (χ2n) is 10.6. The molecule has 1 aliphatic carbocycles. The number of primary sulfonamides is 1. The largest absolute Gasteiger partial charge is 0.476 e. The minimum Gasteiger partial charge on any atom is -0.476 e. The Balaban J connectivity index is 1.67. The summed E-state index contributed by atoms with van der Waals surface area (Å²) in [5.74, 6) is 3.64. The number of carbonyl (C=O) groups excluding carboxylic acids is 1. The quantitative estimate of drug-likeness (QED) is 0.248. The summed E-state index contributed by atoms with van der Waals surface area (Å²) in [7, 11) is -4.22. The average Bonchev–Trinajstić information content (AvgIpc) is 3.48. The molecule has 0 bridgehead atoms. The molecular weight excluding hydrogens is 577 g/mol. The van der Waals surface area contributed by atoms with Crippen molar-refractivity contribution in [1.29, 1.82) is 0 Å². The van der Waals surface area contributed by atoms with Crippen molar-refractivity contribution >= 4 is 33.1 Å². The fourth-order valence-electron chi connectivity index (χ4n) is 4.60. The summed E-state index contributed by atoms with van der Waals surface area (Å²) >= 11 is 1.23. The predicted molar refractivity (Wildman–Crippen MR) is 158 cm³/mol. The fourth-order valence-corrected chi connectivity index (χ4v) is 6.02. The van der Waals surface area contributed by atoms with E-state index in [4.69, 9.17) is 5.14 Å². The van der Waals surface area contributed by atoms with Crippen LogP contribution in [0.4, 0.5) is 4.39 Å². The van der Waals surface area contributed by atoms with E-state index in [1.165, 1.54) is 22.8 Å². The molecule has 42 heavy (non-hydrogen) atoms. The summed E-state index contributed by atoms with van der Waals surface area (Å²) in [5, 5.41) is 16.7. The van der Waals surface area contributed by atoms with Crippen LogP contribution in [0.5, 0.6) is 0 Å². The van der Waals surface area contributed by atoms with Gasteiger partial charge in [0.15, 0.2) is 5.69 Å². The van der Waals surface area contributed by atoms with Crippen LogP contribution in [0.1, 0.15) is 54.0 Å². The van der Waals surface area contributed by atoms with Crippen LogP contribution in [-0.4, -0.2) is 34.8 Å². The third-order valence-electron chi connectivity index (χ3n) is 7.00. The Morgan fingerprint density at radius 1 is 1.19 bits per heavy atom. The zero-order chi connectivity index (χ0) is 30.2. The molecule has 0 aliphatic heterocycles. The number of aromatic nitrogens is 2. The van der Waals surface area contributed by atoms with E-state index < -0.39 is 26.7 Å². The lowest BCUT2D eigenvalue weighted by Crippen LogP contribution is -2.14. The minimum absolute atomic E-state index is 0.0468. The molecule has 4 aromatic rings. The number of thiazole rings is 1. The number of carboxylic acid groups (broad SMARTS) is 1. The molecule has 0 unspecified atom stereocenters. The lowest BCUT2D eigenvalue weighted by Gasteiger charge is -2.16. The van der Waals surface area contributed by atoms with Crippen LogP contribution in [0, 0.1) is 29.5 Å². The zero-order valence-electron chi connectivity index (χ0n) is 22.9. The van der Waals surface area contributed by atoms with E-state index in [0.717, 1.165) is 47.5 Å². The number of carboxylic acids is 1. The highest BCUT2D eigenvalue weighted by Gasteiger charge is 2.28. The molecule has 2 heterocycles. The van der Waals surface area contributed by atoms with Crippen molar-refractivity contribution in [2.75, 3.05) is 0 Å². The van der Waals surface area contributed by atoms with Gasteiger partial charge in [0.25, 0.3) is 0 Å². The number of benzene rings is 2. The van der Waals surface area contributed by atoms with Crippen molar-refractivity contribution in [3.05, 3.63) is 82.2 Å². The zero-order valence-corrected chi connectivity index (χ0v) is 24.6. The SMILES string of the molecule is CC(C)C(=O)C#Cc1cccc(-c2cc(-c3nc(C(=O)O)cs3)c(CC3CC3)n2Cc2ccc(S(N)(=O)=O)c(F)c2)c1. The minimum atomic E-state index is -4.22. The van der Waals surface area contributed by atoms with Gasteiger partial charge in [-0.15, -0.1) is 11.3 Å². The first-order chi connectivity index (χ1) is 19.9. The third-order valence-corrected chi connectivity index (χ3v) is 8.82. The number of nitrogens with zero attached hydrogens (tertiary/aromatic N) is 2. The number of hydrogen-bond acceptors (Lipinski definition) is 6. The number of halogens is 1. The van der Waals surface area contributed by atoms with Crippen molar-refractivity contribution in [1.82, 2.24) is 9.55 Å². The Hall–Kier alpha value is -4.11. The molecule has 0 radical (unpaired) electrons. The lowest BCUT2D eigenvalue weighted by atomic mass is 10.1. The molecule has 0 spiro atoms. The van der Waals surface area contributed by atoms with E-state index in [1.54, 1.807) is 13.8 Å². The van der Waals surface area contributed by atoms with Gasteiger partial charge in [-0.2, -0.15) is 0 Å². The van der Waals surface area contributed by atoms with E-state index in [9.17, 15) is 27.5 Å². The van der Waals surface area contributed by atoms with Crippen molar-refractivity contribution in [2.45, 2.75) is 44.6 Å². The number of ketones is 1. The molecule has 0 amide bonds. The van der Waals surface area contributed by atoms with Crippen LogP contribution in [0.3, 0.4) is 0 Å². The first kappa shape index (κ1) is 29.4. The molecule has 5 rings (SSSR count). The Bertz CT molecular complexity index is 1880. The maximum absolute atomic E-state index is 14.8. The van der Waals surface area contributed by atoms with Gasteiger partial charge < -0.3 is 9.67 Å². The first-order valence-corrected chi connectivity index (χ1v) is 15.7. The smallest absolute Gasteiger partial charge is 0.355 e. The number of Topliss-reactive ketones (excluding diaryl/α,β-unsaturated/α-hetero) is 1. The maximum atomic E-state index is 14.8. The van der Waals surface area contributed by atoms with Gasteiger partial charge in [-0.3, -0.25) is 4.79 Å². The van der Waals surface area contributed by atoms with Crippen molar-refractivity contribution in [3.63, 3.8) is 0 Å². The molecule has 3 N–H and O–H groups in total. The summed E-state index contributed by atoms with van der Waals surface area (Å²) in [4.78, 5) is 27.5. The molecule has 2 aromatic carbocycles. The van der Waals surface area contributed by atoms with Gasteiger partial charge in [0.2, 0.25) is 15.8 Å². The van der Waals surface area contributed by atoms with Gasteiger partial charge in [-0.25, -0.2) is 27.7 Å². The van der Waals surface area contributed by atoms with Gasteiger partial charge in [0, 0.05) is 40.4 Å². The van der Waals surface area contributed by atoms with Crippen molar-refractivity contribution in [2.24, 2.45) is 17.0 Å². The van der Waals surface area contributed by atoms with E-state index in [2.05, 4.69) is 16.8 Å². The molecule has 1 saturated carbocycles. The Labute approximate surface area is 247 Å². The van der Waals surface area contributed by atoms with Gasteiger partial charge in [-0.05, 0) is 72.6 Å². The highest BCUT2D eigenvalue weighted by atomic mass is 32.2. The average molecular weight is 606 g/mol. The molecule has 0 atom stereocenters. The monoisotopic (exact) mass is 605 g/mol. The molecule has 8 nitrogen and oxygen atoms in total. The number of sulfonamides is 1. The number of nitrogens with two attached hydrogens (primary N) is 1. The van der Waals surface area contributed by atoms with Gasteiger partial charge in [0.05, 0.1) is 0 Å². The van der Waals surface area contributed by atoms with Crippen LogP contribution >= 0.6 is 11.3 Å². The van der Waals surface area contributed by atoms with Gasteiger partial charge in [0.1, 0.15) is 15.7 Å². The van der Waals surface area contributed by atoms with Crippen LogP contribution in [0.25, 0.3) is 21.8 Å². The number of rotatable bonds is 9. The summed E-state index contributed by atoms with van der Waals surface area (Å²) in [6.45, 7) is 3.78. The molecule has 2 aromatic heterocycles. The molecule has 1 fully saturated rings. The van der Waals surface area contributed by atoms with E-state index in [0.29, 0.717) is 28.5 Å². The fraction of sp³-hybridized carbons (Fsp3) is 0.258. The summed E-state index contributed by atoms with van der Waals surface area (Å²) in [5.41, 5.74) is 4.37. The molecule has 0 saturated heterocycles. The predicted octanol–water partition coefficient (Wildman–Crippen LogP) is 5.34. The number of carbonyl (C=O) groups is 2. The van der Waals surface area contributed by atoms with E-state index >= 15 is 0 Å². The third kappa shape index (κ3) is 6.51. The molecule has 216 valence electrons. The highest BCUT2D eigenvalue weighted by molar-refractivity contribution is 7.89. The van der Waals surface area contributed by atoms with E-state index in [1.807, 2.05) is 34.9 Å². The molecule has 11 heteroatoms. The summed E-state index contributed by atoms with van der Waals surface area (Å²) < 4.78 is 40.4. The Morgan fingerprint density at radius 2 is 1.95 bits per heavy atom. The van der Waals surface area contributed by atoms with Crippen molar-refractivity contribution in [3.8, 4) is 33.7 Å². The summed E-state index contributed by atoms with van der Waals surface area (Å²) in [6, 6.07) is 13.2. The van der Waals surface area contributed by atoms with Gasteiger partial charge in [-0.1, -0.05) is 38.0 Å². The normalized spacial score (nSPS) is 13.2. The highest BCUT2D eigenvalue weighted by Crippen LogP contribution is 2.41. The standard InChI is InChI=1S/C31H28FN3O5S2/c1-18(2)28(36)10-8-19-4-3-5-22(12-19)26-15-23(30-34-25(17-41-30)31(37)38)27(14-20-6-7-20)35(26)16-21-9-11-29(24(32)13-21)42(33,39)40/h3-5,9,11-13,15,17-18,20H,6-7,14,16H2,1-2H3,(H,37,38)(H2,33,39,40). The van der Waals surface area contributed by atoms with E-state index in [-0.39, 0.29) is 23.9 Å². The topological polar surface area (TPSA) is 132 Å². The number of aromatic carboxylic acids is 1. The Kier molecular flexibility index (Phi) is 8.14. The van der Waals surface area contributed by atoms with Crippen LogP contribution in [0.2, 0.25) is 0 Å². The van der Waals surface area contributed by atoms with Crippen molar-refractivity contribution < 1.29 is 27.5 Å². The molecular formula is C31H28FN3O5S2. The van der Waals surface area contributed by atoms with Crippen LogP contribution in [-0.2, 0) is 27.8 Å².